The minimum absolute atomic E-state index is 0.106. The van der Waals surface area contributed by atoms with Gasteiger partial charge in [-0.15, -0.1) is 0 Å². The van der Waals surface area contributed by atoms with E-state index in [0.29, 0.717) is 5.56 Å². The van der Waals surface area contributed by atoms with Crippen molar-refractivity contribution in [3.63, 3.8) is 0 Å². The molecule has 0 radical (unpaired) electrons. The predicted molar refractivity (Wildman–Crippen MR) is 69.3 cm³/mol. The second kappa shape index (κ2) is 6.03. The maximum absolute atomic E-state index is 13.2. The second-order valence-corrected chi connectivity index (χ2v) is 5.08. The highest BCUT2D eigenvalue weighted by Crippen LogP contribution is 2.07. The Morgan fingerprint density at radius 3 is 2.58 bits per heavy atom. The predicted octanol–water partition coefficient (Wildman–Crippen LogP) is 0.530. The number of alkyl carbamates (subject to hydrolysis) is 1. The van der Waals surface area contributed by atoms with Crippen LogP contribution in [0.2, 0.25) is 0 Å². The first-order valence-electron chi connectivity index (χ1n) is 5.80. The van der Waals surface area contributed by atoms with Crippen LogP contribution in [-0.2, 0) is 11.3 Å². The average molecular weight is 269 g/mol. The summed E-state index contributed by atoms with van der Waals surface area (Å²) in [5, 5.41) is 20.4. The lowest BCUT2D eigenvalue weighted by molar-refractivity contribution is 0.0523. The topological polar surface area (TPSA) is 78.8 Å². The number of hydrogen-bond donors (Lipinski definition) is 3. The fourth-order valence-corrected chi connectivity index (χ4v) is 1.39. The SMILES string of the molecule is CC(C)(C)OC(=O)NCc1ccc(F)c(B(O)O)c1. The van der Waals surface area contributed by atoms with E-state index >= 15 is 0 Å². The van der Waals surface area contributed by atoms with Crippen LogP contribution >= 0.6 is 0 Å². The molecule has 0 aliphatic heterocycles. The lowest BCUT2D eigenvalue weighted by Gasteiger charge is -2.19. The van der Waals surface area contributed by atoms with Crippen LogP contribution in [0, 0.1) is 5.82 Å². The molecule has 0 saturated heterocycles. The molecule has 0 atom stereocenters. The van der Waals surface area contributed by atoms with Gasteiger partial charge in [0.25, 0.3) is 0 Å². The Bertz CT molecular complexity index is 460. The zero-order valence-corrected chi connectivity index (χ0v) is 11.1. The highest BCUT2D eigenvalue weighted by molar-refractivity contribution is 6.58. The summed E-state index contributed by atoms with van der Waals surface area (Å²) >= 11 is 0. The molecule has 3 N–H and O–H groups in total. The van der Waals surface area contributed by atoms with Crippen molar-refractivity contribution in [1.29, 1.82) is 0 Å². The van der Waals surface area contributed by atoms with Crippen LogP contribution in [0.25, 0.3) is 0 Å². The first-order chi connectivity index (χ1) is 8.69. The second-order valence-electron chi connectivity index (χ2n) is 5.08. The summed E-state index contributed by atoms with van der Waals surface area (Å²) < 4.78 is 18.2. The van der Waals surface area contributed by atoms with E-state index in [1.807, 2.05) is 0 Å². The molecule has 0 heterocycles. The summed E-state index contributed by atoms with van der Waals surface area (Å²) in [5.41, 5.74) is -0.293. The zero-order chi connectivity index (χ0) is 14.6. The number of halogens is 1. The number of carbonyl (C=O) groups excluding carboxylic acids is 1. The van der Waals surface area contributed by atoms with Crippen LogP contribution in [0.3, 0.4) is 0 Å². The van der Waals surface area contributed by atoms with Gasteiger partial charge in [0.05, 0.1) is 0 Å². The number of amides is 1. The quantitative estimate of drug-likeness (QED) is 0.699. The van der Waals surface area contributed by atoms with Crippen LogP contribution in [0.1, 0.15) is 26.3 Å². The first kappa shape index (κ1) is 15.5. The molecular formula is C12H17BFNO4. The number of carbonyl (C=O) groups is 1. The maximum atomic E-state index is 13.2. The molecule has 1 aromatic carbocycles. The molecule has 1 amide bonds. The fraction of sp³-hybridized carbons (Fsp3) is 0.417. The summed E-state index contributed by atoms with van der Waals surface area (Å²) in [6.07, 6.45) is -0.595. The van der Waals surface area contributed by atoms with E-state index in [9.17, 15) is 9.18 Å². The molecule has 1 aromatic rings. The molecule has 5 nitrogen and oxygen atoms in total. The van der Waals surface area contributed by atoms with E-state index < -0.39 is 24.6 Å². The summed E-state index contributed by atoms with van der Waals surface area (Å²) in [7, 11) is -1.89. The molecule has 0 fully saturated rings. The van der Waals surface area contributed by atoms with Crippen molar-refractivity contribution in [2.24, 2.45) is 0 Å². The van der Waals surface area contributed by atoms with E-state index in [0.717, 1.165) is 6.07 Å². The minimum atomic E-state index is -1.89. The van der Waals surface area contributed by atoms with Crippen LogP contribution in [0.15, 0.2) is 18.2 Å². The van der Waals surface area contributed by atoms with Crippen molar-refractivity contribution in [2.75, 3.05) is 0 Å². The lowest BCUT2D eigenvalue weighted by Crippen LogP contribution is -2.34. The van der Waals surface area contributed by atoms with Gasteiger partial charge in [-0.05, 0) is 32.4 Å². The summed E-state index contributed by atoms with van der Waals surface area (Å²) in [6.45, 7) is 5.33. The van der Waals surface area contributed by atoms with E-state index in [-0.39, 0.29) is 12.0 Å². The number of benzene rings is 1. The van der Waals surface area contributed by atoms with Crippen LogP contribution < -0.4 is 10.8 Å². The average Bonchev–Trinajstić information content (AvgIpc) is 2.25. The van der Waals surface area contributed by atoms with Gasteiger partial charge in [0.1, 0.15) is 11.4 Å². The van der Waals surface area contributed by atoms with Crippen molar-refractivity contribution < 1.29 is 24.0 Å². The van der Waals surface area contributed by atoms with E-state index in [2.05, 4.69) is 5.32 Å². The van der Waals surface area contributed by atoms with Gasteiger partial charge >= 0.3 is 13.2 Å². The van der Waals surface area contributed by atoms with E-state index in [4.69, 9.17) is 14.8 Å². The Morgan fingerprint density at radius 1 is 1.42 bits per heavy atom. The molecule has 1 rings (SSSR count). The molecule has 0 unspecified atom stereocenters. The standard InChI is InChI=1S/C12H17BFNO4/c1-12(2,3)19-11(16)15-7-8-4-5-10(14)9(6-8)13(17)18/h4-6,17-18H,7H2,1-3H3,(H,15,16). The molecule has 0 bridgehead atoms. The number of ether oxygens (including phenoxy) is 1. The van der Waals surface area contributed by atoms with Crippen LogP contribution in [-0.4, -0.2) is 28.9 Å². The number of hydrogen-bond acceptors (Lipinski definition) is 4. The minimum Gasteiger partial charge on any atom is -0.444 e. The van der Waals surface area contributed by atoms with Crippen molar-refractivity contribution in [3.8, 4) is 0 Å². The molecular weight excluding hydrogens is 252 g/mol. The largest absolute Gasteiger partial charge is 0.491 e. The van der Waals surface area contributed by atoms with Gasteiger partial charge in [-0.1, -0.05) is 12.1 Å². The van der Waals surface area contributed by atoms with Gasteiger partial charge in [-0.3, -0.25) is 0 Å². The summed E-state index contributed by atoms with van der Waals surface area (Å²) in [5.74, 6) is -0.712. The smallest absolute Gasteiger partial charge is 0.444 e. The zero-order valence-electron chi connectivity index (χ0n) is 11.1. The monoisotopic (exact) mass is 269 g/mol. The third kappa shape index (κ3) is 5.27. The van der Waals surface area contributed by atoms with Gasteiger partial charge in [0.2, 0.25) is 0 Å². The molecule has 19 heavy (non-hydrogen) atoms. The van der Waals surface area contributed by atoms with Crippen molar-refractivity contribution >= 4 is 18.7 Å². The molecule has 0 spiro atoms. The van der Waals surface area contributed by atoms with Crippen molar-refractivity contribution in [2.45, 2.75) is 32.9 Å². The van der Waals surface area contributed by atoms with Gasteiger partial charge in [0.15, 0.2) is 0 Å². The first-order valence-corrected chi connectivity index (χ1v) is 5.80. The van der Waals surface area contributed by atoms with E-state index in [1.54, 1.807) is 20.8 Å². The maximum Gasteiger partial charge on any atom is 0.491 e. The van der Waals surface area contributed by atoms with Crippen LogP contribution in [0.5, 0.6) is 0 Å². The highest BCUT2D eigenvalue weighted by atomic mass is 19.1. The Kier molecular flexibility index (Phi) is 4.91. The highest BCUT2D eigenvalue weighted by Gasteiger charge is 2.18. The number of rotatable bonds is 3. The van der Waals surface area contributed by atoms with Gasteiger partial charge in [-0.2, -0.15) is 0 Å². The third-order valence-corrected chi connectivity index (χ3v) is 2.17. The molecule has 0 aliphatic carbocycles. The molecule has 0 saturated carbocycles. The van der Waals surface area contributed by atoms with Crippen LogP contribution in [0.4, 0.5) is 9.18 Å². The summed E-state index contributed by atoms with van der Waals surface area (Å²) in [6, 6.07) is 3.83. The molecule has 7 heteroatoms. The normalized spacial score (nSPS) is 11.1. The lowest BCUT2D eigenvalue weighted by atomic mass is 9.79. The Labute approximate surface area is 111 Å². The van der Waals surface area contributed by atoms with Gasteiger partial charge < -0.3 is 20.1 Å². The molecule has 0 aromatic heterocycles. The fourth-order valence-electron chi connectivity index (χ4n) is 1.39. The van der Waals surface area contributed by atoms with Crippen molar-refractivity contribution in [1.82, 2.24) is 5.32 Å². The van der Waals surface area contributed by atoms with Gasteiger partial charge in [-0.25, -0.2) is 9.18 Å². The van der Waals surface area contributed by atoms with Crippen molar-refractivity contribution in [3.05, 3.63) is 29.6 Å². The number of nitrogens with one attached hydrogen (secondary N) is 1. The Morgan fingerprint density at radius 2 is 2.05 bits per heavy atom. The van der Waals surface area contributed by atoms with E-state index in [1.165, 1.54) is 12.1 Å². The molecule has 104 valence electrons. The third-order valence-electron chi connectivity index (χ3n) is 2.17. The summed E-state index contributed by atoms with van der Waals surface area (Å²) in [4.78, 5) is 11.4. The molecule has 0 aliphatic rings. The Hall–Kier alpha value is -1.60. The van der Waals surface area contributed by atoms with Gasteiger partial charge in [0, 0.05) is 12.0 Å². The Balaban J connectivity index is 2.64.